The summed E-state index contributed by atoms with van der Waals surface area (Å²) in [6.07, 6.45) is 3.35. The van der Waals surface area contributed by atoms with E-state index < -0.39 is 0 Å². The number of benzene rings is 1. The average molecular weight is 258 g/mol. The molecular formula is C14H15FN4. The van der Waals surface area contributed by atoms with Crippen LogP contribution in [-0.2, 0) is 19.3 Å². The van der Waals surface area contributed by atoms with Crippen molar-refractivity contribution in [3.63, 3.8) is 0 Å². The Morgan fingerprint density at radius 3 is 2.84 bits per heavy atom. The monoisotopic (exact) mass is 258 g/mol. The molecule has 0 spiro atoms. The first-order valence-electron chi connectivity index (χ1n) is 6.36. The van der Waals surface area contributed by atoms with Crippen molar-refractivity contribution in [1.82, 2.24) is 9.97 Å². The van der Waals surface area contributed by atoms with Gasteiger partial charge in [0.2, 0.25) is 0 Å². The lowest BCUT2D eigenvalue weighted by Gasteiger charge is -2.09. The van der Waals surface area contributed by atoms with E-state index in [0.717, 1.165) is 30.5 Å². The fourth-order valence-electron chi connectivity index (χ4n) is 2.49. The van der Waals surface area contributed by atoms with Gasteiger partial charge in [-0.1, -0.05) is 18.2 Å². The van der Waals surface area contributed by atoms with Crippen LogP contribution in [0.5, 0.6) is 0 Å². The van der Waals surface area contributed by atoms with E-state index in [1.165, 1.54) is 6.07 Å². The molecule has 0 saturated carbocycles. The fourth-order valence-corrected chi connectivity index (χ4v) is 2.49. The van der Waals surface area contributed by atoms with Gasteiger partial charge in [-0.05, 0) is 30.9 Å². The zero-order valence-electron chi connectivity index (χ0n) is 10.5. The lowest BCUT2D eigenvalue weighted by Crippen LogP contribution is -2.14. The lowest BCUT2D eigenvalue weighted by molar-refractivity contribution is 0.612. The predicted molar refractivity (Wildman–Crippen MR) is 71.1 cm³/mol. The highest BCUT2D eigenvalue weighted by Crippen LogP contribution is 2.26. The third-order valence-corrected chi connectivity index (χ3v) is 3.42. The molecule has 5 heteroatoms. The minimum absolute atomic E-state index is 0.228. The lowest BCUT2D eigenvalue weighted by atomic mass is 10.1. The summed E-state index contributed by atoms with van der Waals surface area (Å²) >= 11 is 0. The van der Waals surface area contributed by atoms with Crippen LogP contribution in [0.2, 0.25) is 0 Å². The maximum Gasteiger partial charge on any atom is 0.147 e. The van der Waals surface area contributed by atoms with E-state index in [0.29, 0.717) is 23.6 Å². The Morgan fingerprint density at radius 2 is 2.05 bits per heavy atom. The van der Waals surface area contributed by atoms with Crippen LogP contribution in [0.4, 0.5) is 10.2 Å². The molecule has 0 bridgehead atoms. The Morgan fingerprint density at radius 1 is 1.21 bits per heavy atom. The molecular weight excluding hydrogens is 243 g/mol. The van der Waals surface area contributed by atoms with Crippen LogP contribution in [0.1, 0.15) is 29.1 Å². The van der Waals surface area contributed by atoms with Gasteiger partial charge in [-0.2, -0.15) is 0 Å². The molecule has 0 saturated heterocycles. The van der Waals surface area contributed by atoms with Gasteiger partial charge in [-0.3, -0.25) is 0 Å². The molecule has 0 amide bonds. The fraction of sp³-hybridized carbons (Fsp3) is 0.286. The molecule has 3 rings (SSSR count). The van der Waals surface area contributed by atoms with Crippen molar-refractivity contribution < 1.29 is 4.39 Å². The Labute approximate surface area is 110 Å². The third-order valence-electron chi connectivity index (χ3n) is 3.42. The minimum Gasteiger partial charge on any atom is -0.308 e. The van der Waals surface area contributed by atoms with Crippen molar-refractivity contribution in [2.24, 2.45) is 5.84 Å². The number of nitrogens with two attached hydrogens (primary N) is 1. The van der Waals surface area contributed by atoms with Crippen molar-refractivity contribution in [3.05, 3.63) is 52.7 Å². The molecule has 0 atom stereocenters. The molecule has 4 nitrogen and oxygen atoms in total. The first-order chi connectivity index (χ1) is 9.28. The standard InChI is InChI=1S/C14H15FN4/c15-11-6-2-1-4-9(11)8-13-17-12-7-3-5-10(12)14(18-13)19-16/h1-2,4,6H,3,5,7-8,16H2,(H,17,18,19). The first kappa shape index (κ1) is 12.0. The van der Waals surface area contributed by atoms with Crippen molar-refractivity contribution in [2.45, 2.75) is 25.7 Å². The molecule has 1 heterocycles. The van der Waals surface area contributed by atoms with Crippen molar-refractivity contribution >= 4 is 5.82 Å². The zero-order valence-corrected chi connectivity index (χ0v) is 10.5. The second-order valence-corrected chi connectivity index (χ2v) is 4.68. The highest BCUT2D eigenvalue weighted by molar-refractivity contribution is 5.48. The summed E-state index contributed by atoms with van der Waals surface area (Å²) in [7, 11) is 0. The maximum atomic E-state index is 13.6. The molecule has 19 heavy (non-hydrogen) atoms. The van der Waals surface area contributed by atoms with E-state index in [1.807, 2.05) is 6.07 Å². The molecule has 0 fully saturated rings. The van der Waals surface area contributed by atoms with E-state index in [4.69, 9.17) is 5.84 Å². The van der Waals surface area contributed by atoms with Gasteiger partial charge in [-0.25, -0.2) is 20.2 Å². The van der Waals surface area contributed by atoms with E-state index in [-0.39, 0.29) is 5.82 Å². The van der Waals surface area contributed by atoms with Crippen molar-refractivity contribution in [2.75, 3.05) is 5.43 Å². The number of rotatable bonds is 3. The summed E-state index contributed by atoms with van der Waals surface area (Å²) in [5.74, 6) is 6.56. The van der Waals surface area contributed by atoms with Gasteiger partial charge >= 0.3 is 0 Å². The Hall–Kier alpha value is -2.01. The molecule has 98 valence electrons. The zero-order chi connectivity index (χ0) is 13.2. The highest BCUT2D eigenvalue weighted by Gasteiger charge is 2.19. The number of nitrogens with one attached hydrogen (secondary N) is 1. The quantitative estimate of drug-likeness (QED) is 0.652. The van der Waals surface area contributed by atoms with Gasteiger partial charge in [0.25, 0.3) is 0 Å². The number of hydrazine groups is 1. The van der Waals surface area contributed by atoms with Crippen LogP contribution in [0.15, 0.2) is 24.3 Å². The second-order valence-electron chi connectivity index (χ2n) is 4.68. The van der Waals surface area contributed by atoms with Gasteiger partial charge in [0, 0.05) is 17.7 Å². The SMILES string of the molecule is NNc1nc(Cc2ccccc2F)nc2c1CCC2. The predicted octanol–water partition coefficient (Wildman–Crippen LogP) is 1.98. The third kappa shape index (κ3) is 2.29. The summed E-state index contributed by atoms with van der Waals surface area (Å²) in [6.45, 7) is 0. The van der Waals surface area contributed by atoms with Gasteiger partial charge in [0.05, 0.1) is 0 Å². The first-order valence-corrected chi connectivity index (χ1v) is 6.36. The van der Waals surface area contributed by atoms with Gasteiger partial charge in [0.1, 0.15) is 17.5 Å². The highest BCUT2D eigenvalue weighted by atomic mass is 19.1. The van der Waals surface area contributed by atoms with Crippen molar-refractivity contribution in [3.8, 4) is 0 Å². The van der Waals surface area contributed by atoms with E-state index in [1.54, 1.807) is 12.1 Å². The number of hydrogen-bond acceptors (Lipinski definition) is 4. The van der Waals surface area contributed by atoms with Gasteiger partial charge in [0.15, 0.2) is 0 Å². The van der Waals surface area contributed by atoms with Crippen LogP contribution < -0.4 is 11.3 Å². The summed E-state index contributed by atoms with van der Waals surface area (Å²) < 4.78 is 13.6. The van der Waals surface area contributed by atoms with E-state index >= 15 is 0 Å². The number of nitrogen functional groups attached to an aromatic ring is 1. The topological polar surface area (TPSA) is 63.8 Å². The van der Waals surface area contributed by atoms with Crippen molar-refractivity contribution in [1.29, 1.82) is 0 Å². The van der Waals surface area contributed by atoms with Gasteiger partial charge in [-0.15, -0.1) is 0 Å². The van der Waals surface area contributed by atoms with E-state index in [2.05, 4.69) is 15.4 Å². The smallest absolute Gasteiger partial charge is 0.147 e. The molecule has 2 aromatic rings. The van der Waals surface area contributed by atoms with E-state index in [9.17, 15) is 4.39 Å². The van der Waals surface area contributed by atoms with Crippen LogP contribution in [0.25, 0.3) is 0 Å². The minimum atomic E-state index is -0.228. The number of nitrogens with zero attached hydrogens (tertiary/aromatic N) is 2. The number of fused-ring (bicyclic) bond motifs is 1. The Balaban J connectivity index is 1.96. The average Bonchev–Trinajstić information content (AvgIpc) is 2.89. The van der Waals surface area contributed by atoms with Gasteiger partial charge < -0.3 is 5.43 Å². The number of aromatic nitrogens is 2. The largest absolute Gasteiger partial charge is 0.308 e. The van der Waals surface area contributed by atoms with Crippen LogP contribution >= 0.6 is 0 Å². The summed E-state index contributed by atoms with van der Waals surface area (Å²) in [4.78, 5) is 8.91. The summed E-state index contributed by atoms with van der Waals surface area (Å²) in [5, 5.41) is 0. The molecule has 0 radical (unpaired) electrons. The summed E-state index contributed by atoms with van der Waals surface area (Å²) in [6, 6.07) is 6.69. The molecule has 1 aliphatic carbocycles. The normalized spacial score (nSPS) is 13.4. The molecule has 0 aliphatic heterocycles. The summed E-state index contributed by atoms with van der Waals surface area (Å²) in [5.41, 5.74) is 5.36. The number of anilines is 1. The van der Waals surface area contributed by atoms with Crippen LogP contribution in [0.3, 0.4) is 0 Å². The molecule has 1 aromatic heterocycles. The number of hydrogen-bond donors (Lipinski definition) is 2. The molecule has 3 N–H and O–H groups in total. The number of halogens is 1. The Kier molecular flexibility index (Phi) is 3.13. The molecule has 1 aromatic carbocycles. The van der Waals surface area contributed by atoms with Crippen LogP contribution in [0, 0.1) is 5.82 Å². The second kappa shape index (κ2) is 4.93. The molecule has 1 aliphatic rings. The Bertz CT molecular complexity index is 612. The maximum absolute atomic E-state index is 13.6. The number of aryl methyl sites for hydroxylation is 1. The molecule has 0 unspecified atom stereocenters. The van der Waals surface area contributed by atoms with Crippen LogP contribution in [-0.4, -0.2) is 9.97 Å².